The Bertz CT molecular complexity index is 1250. The van der Waals surface area contributed by atoms with Crippen LogP contribution in [-0.2, 0) is 14.3 Å². The van der Waals surface area contributed by atoms with Crippen molar-refractivity contribution in [2.45, 2.75) is 50.3 Å². The molecule has 2 heterocycles. The molecule has 0 bridgehead atoms. The summed E-state index contributed by atoms with van der Waals surface area (Å²) in [6.45, 7) is 1.71. The van der Waals surface area contributed by atoms with Crippen LogP contribution in [0.15, 0.2) is 41.6 Å². The highest BCUT2D eigenvalue weighted by Crippen LogP contribution is 2.48. The Kier molecular flexibility index (Phi) is 6.25. The standard InChI is InChI=1S/C26H28F2N4O5/c1-14-3-8-21(17-5-4-15(27)11-19(17)28)32(14)22(33)12-31-13-26(37-25(31)36)10-9-16-18(26)6-7-20(23(16)34)30-24(35)29-2/h4-7,11,14,16,21H,3,8-10,12-13H2,1-2H3,(H2,29,30,35)/t14-,16?,21-,26-/m0/s1. The van der Waals surface area contributed by atoms with Crippen molar-refractivity contribution in [1.82, 2.24) is 20.4 Å². The molecule has 2 N–H and O–H groups in total. The van der Waals surface area contributed by atoms with Gasteiger partial charge in [0.1, 0.15) is 18.2 Å². The second-order valence-electron chi connectivity index (χ2n) is 9.99. The van der Waals surface area contributed by atoms with Gasteiger partial charge in [0.2, 0.25) is 5.91 Å². The molecule has 9 nitrogen and oxygen atoms in total. The predicted molar refractivity (Wildman–Crippen MR) is 127 cm³/mol. The van der Waals surface area contributed by atoms with E-state index in [1.54, 1.807) is 11.0 Å². The fourth-order valence-electron chi connectivity index (χ4n) is 6.03. The quantitative estimate of drug-likeness (QED) is 0.643. The lowest BCUT2D eigenvalue weighted by atomic mass is 9.85. The number of benzene rings is 1. The van der Waals surface area contributed by atoms with E-state index in [0.29, 0.717) is 31.3 Å². The van der Waals surface area contributed by atoms with Gasteiger partial charge in [0.15, 0.2) is 11.4 Å². The molecule has 2 aliphatic heterocycles. The monoisotopic (exact) mass is 514 g/mol. The third-order valence-electron chi connectivity index (χ3n) is 7.82. The van der Waals surface area contributed by atoms with Gasteiger partial charge < -0.3 is 20.3 Å². The van der Waals surface area contributed by atoms with Crippen LogP contribution in [0.5, 0.6) is 0 Å². The molecule has 0 radical (unpaired) electrons. The number of rotatable bonds is 4. The van der Waals surface area contributed by atoms with Crippen molar-refractivity contribution in [2.75, 3.05) is 20.1 Å². The van der Waals surface area contributed by atoms with Crippen LogP contribution < -0.4 is 10.6 Å². The van der Waals surface area contributed by atoms with E-state index in [1.807, 2.05) is 6.92 Å². The molecule has 1 saturated carbocycles. The van der Waals surface area contributed by atoms with Crippen LogP contribution >= 0.6 is 0 Å². The van der Waals surface area contributed by atoms with Crippen molar-refractivity contribution < 1.29 is 32.7 Å². The lowest BCUT2D eigenvalue weighted by Crippen LogP contribution is -2.44. The second-order valence-corrected chi connectivity index (χ2v) is 9.99. The van der Waals surface area contributed by atoms with Gasteiger partial charge in [-0.1, -0.05) is 12.1 Å². The molecular formula is C26H28F2N4O5. The number of Topliss-reactive ketones (excluding diaryl/α,β-unsaturated/α-hetero) is 1. The summed E-state index contributed by atoms with van der Waals surface area (Å²) in [7, 11) is 1.45. The summed E-state index contributed by atoms with van der Waals surface area (Å²) >= 11 is 0. The van der Waals surface area contributed by atoms with E-state index >= 15 is 0 Å². The SMILES string of the molecule is CNC(=O)NC1=CC=C2C(CC[C@]23CN(CC(=O)N2[C@@H](C)CC[C@H]2c2ccc(F)cc2F)C(=O)O3)C1=O. The number of nitrogens with zero attached hydrogens (tertiary/aromatic N) is 2. The molecule has 1 aromatic carbocycles. The molecule has 2 saturated heterocycles. The molecule has 0 aromatic heterocycles. The zero-order chi connectivity index (χ0) is 26.5. The topological polar surface area (TPSA) is 108 Å². The van der Waals surface area contributed by atoms with E-state index in [-0.39, 0.29) is 42.1 Å². The van der Waals surface area contributed by atoms with E-state index in [4.69, 9.17) is 4.74 Å². The number of hydrogen-bond donors (Lipinski definition) is 2. The molecule has 4 amide bonds. The Balaban J connectivity index is 1.32. The number of amides is 4. The summed E-state index contributed by atoms with van der Waals surface area (Å²) < 4.78 is 33.7. The minimum Gasteiger partial charge on any atom is -0.436 e. The van der Waals surface area contributed by atoms with Crippen LogP contribution in [0, 0.1) is 17.6 Å². The maximum Gasteiger partial charge on any atom is 0.411 e. The number of halogens is 2. The number of nitrogens with one attached hydrogen (secondary N) is 2. The molecule has 3 fully saturated rings. The first-order chi connectivity index (χ1) is 17.6. The summed E-state index contributed by atoms with van der Waals surface area (Å²) in [6, 6.07) is 2.10. The molecular weight excluding hydrogens is 486 g/mol. The number of ketones is 1. The van der Waals surface area contributed by atoms with Crippen LogP contribution in [0.25, 0.3) is 0 Å². The van der Waals surface area contributed by atoms with Gasteiger partial charge >= 0.3 is 12.1 Å². The third kappa shape index (κ3) is 4.25. The Morgan fingerprint density at radius 1 is 1.16 bits per heavy atom. The molecule has 37 heavy (non-hydrogen) atoms. The first-order valence-corrected chi connectivity index (χ1v) is 12.3. The fourth-order valence-corrected chi connectivity index (χ4v) is 6.03. The third-order valence-corrected chi connectivity index (χ3v) is 7.82. The number of likely N-dealkylation sites (tertiary alicyclic amines) is 1. The summed E-state index contributed by atoms with van der Waals surface area (Å²) in [5, 5.41) is 4.92. The van der Waals surface area contributed by atoms with Crippen LogP contribution in [0.2, 0.25) is 0 Å². The van der Waals surface area contributed by atoms with Crippen molar-refractivity contribution >= 4 is 23.8 Å². The number of carbonyl (C=O) groups excluding carboxylic acids is 4. The van der Waals surface area contributed by atoms with E-state index in [1.165, 1.54) is 30.2 Å². The number of ether oxygens (including phenoxy) is 1. The van der Waals surface area contributed by atoms with Gasteiger partial charge in [-0.25, -0.2) is 18.4 Å². The van der Waals surface area contributed by atoms with E-state index in [0.717, 1.165) is 6.07 Å². The average molecular weight is 515 g/mol. The number of fused-ring (bicyclic) bond motifs is 2. The normalized spacial score (nSPS) is 28.7. The van der Waals surface area contributed by atoms with E-state index < -0.39 is 41.3 Å². The minimum absolute atomic E-state index is 0.108. The van der Waals surface area contributed by atoms with Gasteiger partial charge in [0.25, 0.3) is 0 Å². The molecule has 4 aliphatic rings. The summed E-state index contributed by atoms with van der Waals surface area (Å²) in [6.07, 6.45) is 4.59. The summed E-state index contributed by atoms with van der Waals surface area (Å²) in [5.74, 6) is -2.52. The molecule has 2 aliphatic carbocycles. The Morgan fingerprint density at radius 3 is 2.68 bits per heavy atom. The zero-order valence-corrected chi connectivity index (χ0v) is 20.6. The zero-order valence-electron chi connectivity index (χ0n) is 20.6. The van der Waals surface area contributed by atoms with Crippen molar-refractivity contribution in [3.8, 4) is 0 Å². The largest absolute Gasteiger partial charge is 0.436 e. The van der Waals surface area contributed by atoms with E-state index in [2.05, 4.69) is 10.6 Å². The van der Waals surface area contributed by atoms with Crippen molar-refractivity contribution in [3.63, 3.8) is 0 Å². The number of urea groups is 1. The van der Waals surface area contributed by atoms with Crippen molar-refractivity contribution in [3.05, 3.63) is 58.8 Å². The fraction of sp³-hybridized carbons (Fsp3) is 0.462. The van der Waals surface area contributed by atoms with Crippen LogP contribution in [0.4, 0.5) is 18.4 Å². The van der Waals surface area contributed by atoms with Gasteiger partial charge in [-0.15, -0.1) is 0 Å². The smallest absolute Gasteiger partial charge is 0.411 e. The highest BCUT2D eigenvalue weighted by molar-refractivity contribution is 6.03. The van der Waals surface area contributed by atoms with Crippen molar-refractivity contribution in [2.24, 2.45) is 5.92 Å². The first-order valence-electron chi connectivity index (χ1n) is 12.3. The minimum atomic E-state index is -1.02. The Hall–Kier alpha value is -3.76. The number of allylic oxidation sites excluding steroid dienone is 3. The van der Waals surface area contributed by atoms with Crippen LogP contribution in [-0.4, -0.2) is 65.4 Å². The molecule has 11 heteroatoms. The van der Waals surface area contributed by atoms with Gasteiger partial charge in [0.05, 0.1) is 18.3 Å². The number of carbonyl (C=O) groups is 4. The Morgan fingerprint density at radius 2 is 1.95 bits per heavy atom. The van der Waals surface area contributed by atoms with Crippen molar-refractivity contribution in [1.29, 1.82) is 0 Å². The first kappa shape index (κ1) is 24.9. The number of hydrogen-bond acceptors (Lipinski definition) is 5. The predicted octanol–water partition coefficient (Wildman–Crippen LogP) is 2.94. The lowest BCUT2D eigenvalue weighted by Gasteiger charge is -2.31. The van der Waals surface area contributed by atoms with Gasteiger partial charge in [0, 0.05) is 30.6 Å². The molecule has 196 valence electrons. The van der Waals surface area contributed by atoms with Crippen LogP contribution in [0.3, 0.4) is 0 Å². The molecule has 1 spiro atoms. The molecule has 5 rings (SSSR count). The maximum atomic E-state index is 14.5. The van der Waals surface area contributed by atoms with Crippen LogP contribution in [0.1, 0.15) is 44.2 Å². The molecule has 4 atom stereocenters. The second kappa shape index (κ2) is 9.28. The van der Waals surface area contributed by atoms with Gasteiger partial charge in [-0.3, -0.25) is 14.5 Å². The highest BCUT2D eigenvalue weighted by atomic mass is 19.1. The molecule has 1 aromatic rings. The van der Waals surface area contributed by atoms with Gasteiger partial charge in [-0.05, 0) is 50.3 Å². The molecule has 1 unspecified atom stereocenters. The Labute approximate surface area is 212 Å². The maximum absolute atomic E-state index is 14.5. The summed E-state index contributed by atoms with van der Waals surface area (Å²) in [5.41, 5.74) is 0.0518. The summed E-state index contributed by atoms with van der Waals surface area (Å²) in [4.78, 5) is 53.7. The average Bonchev–Trinajstić information content (AvgIpc) is 3.51. The lowest BCUT2D eigenvalue weighted by molar-refractivity contribution is -0.134. The van der Waals surface area contributed by atoms with E-state index in [9.17, 15) is 28.0 Å². The van der Waals surface area contributed by atoms with Gasteiger partial charge in [-0.2, -0.15) is 0 Å². The highest BCUT2D eigenvalue weighted by Gasteiger charge is 2.56.